The SMILES string of the molecule is COc1ccc(CN2C(=O)C(=Cc3c(C)c(C#N)c(=O)n(C)c3N3CCN(CCO)CC3)SC2=S)cc1. The van der Waals surface area contributed by atoms with Gasteiger partial charge in [0.2, 0.25) is 0 Å². The molecule has 0 saturated carbocycles. The Morgan fingerprint density at radius 3 is 2.46 bits per heavy atom. The lowest BCUT2D eigenvalue weighted by molar-refractivity contribution is -0.122. The number of nitrogens with zero attached hydrogens (tertiary/aromatic N) is 5. The predicted molar refractivity (Wildman–Crippen MR) is 149 cm³/mol. The minimum atomic E-state index is -0.364. The number of aliphatic hydroxyl groups is 1. The fraction of sp³-hybridized carbons (Fsp3) is 0.385. The maximum atomic E-state index is 13.4. The van der Waals surface area contributed by atoms with Gasteiger partial charge >= 0.3 is 0 Å². The second kappa shape index (κ2) is 11.5. The van der Waals surface area contributed by atoms with Crippen LogP contribution in [0.2, 0.25) is 0 Å². The first-order valence-electron chi connectivity index (χ1n) is 11.9. The van der Waals surface area contributed by atoms with Crippen molar-refractivity contribution in [3.05, 3.63) is 61.8 Å². The topological polar surface area (TPSA) is 102 Å². The fourth-order valence-electron chi connectivity index (χ4n) is 4.60. The van der Waals surface area contributed by atoms with Gasteiger partial charge in [-0.1, -0.05) is 36.1 Å². The van der Waals surface area contributed by atoms with Crippen LogP contribution in [0, 0.1) is 18.3 Å². The average molecular weight is 540 g/mol. The number of amides is 1. The summed E-state index contributed by atoms with van der Waals surface area (Å²) in [4.78, 5) is 32.7. The molecule has 1 N–H and O–H groups in total. The third-order valence-corrected chi connectivity index (χ3v) is 8.08. The Hall–Kier alpha value is -3.17. The summed E-state index contributed by atoms with van der Waals surface area (Å²) in [6, 6.07) is 9.51. The predicted octanol–water partition coefficient (Wildman–Crippen LogP) is 2.09. The number of aliphatic hydroxyl groups excluding tert-OH is 1. The summed E-state index contributed by atoms with van der Waals surface area (Å²) in [5.74, 6) is 1.19. The van der Waals surface area contributed by atoms with Crippen LogP contribution < -0.4 is 15.2 Å². The quantitative estimate of drug-likeness (QED) is 0.419. The van der Waals surface area contributed by atoms with Gasteiger partial charge in [0.1, 0.15) is 27.5 Å². The number of pyridine rings is 1. The monoisotopic (exact) mass is 539 g/mol. The number of rotatable bonds is 7. The van der Waals surface area contributed by atoms with Crippen LogP contribution in [0.3, 0.4) is 0 Å². The van der Waals surface area contributed by atoms with E-state index in [1.807, 2.05) is 30.3 Å². The van der Waals surface area contributed by atoms with Crippen LogP contribution in [0.5, 0.6) is 5.75 Å². The lowest BCUT2D eigenvalue weighted by Gasteiger charge is -2.37. The van der Waals surface area contributed by atoms with Gasteiger partial charge in [-0.25, -0.2) is 0 Å². The van der Waals surface area contributed by atoms with Gasteiger partial charge in [-0.2, -0.15) is 5.26 Å². The van der Waals surface area contributed by atoms with Crippen molar-refractivity contribution in [2.45, 2.75) is 13.5 Å². The summed E-state index contributed by atoms with van der Waals surface area (Å²) in [6.07, 6.45) is 1.76. The highest BCUT2D eigenvalue weighted by Crippen LogP contribution is 2.36. The molecule has 0 radical (unpaired) electrons. The summed E-state index contributed by atoms with van der Waals surface area (Å²) in [7, 11) is 3.26. The molecule has 9 nitrogen and oxygen atoms in total. The lowest BCUT2D eigenvalue weighted by atomic mass is 10.0. The number of piperazine rings is 1. The first-order valence-corrected chi connectivity index (χ1v) is 13.1. The molecular formula is C26H29N5O4S2. The highest BCUT2D eigenvalue weighted by Gasteiger charge is 2.33. The Bertz CT molecular complexity index is 1340. The molecule has 0 atom stereocenters. The van der Waals surface area contributed by atoms with Crippen LogP contribution in [-0.4, -0.2) is 76.1 Å². The number of aromatic nitrogens is 1. The van der Waals surface area contributed by atoms with Gasteiger partial charge in [0.25, 0.3) is 11.5 Å². The highest BCUT2D eigenvalue weighted by atomic mass is 32.2. The number of anilines is 1. The number of carbonyl (C=O) groups is 1. The van der Waals surface area contributed by atoms with Crippen LogP contribution in [0.4, 0.5) is 5.82 Å². The molecule has 2 aliphatic heterocycles. The number of ether oxygens (including phenoxy) is 1. The zero-order valence-electron chi connectivity index (χ0n) is 21.1. The van der Waals surface area contributed by atoms with Crippen molar-refractivity contribution in [3.63, 3.8) is 0 Å². The molecule has 1 aromatic carbocycles. The standard InChI is InChI=1S/C26H29N5O4S2/c1-17-20(14-22-25(34)31(26(36)37-22)16-18-4-6-19(35-3)7-5-18)23(28(2)24(33)21(17)15-27)30-10-8-29(9-11-30)12-13-32/h4-7,14,32H,8-13,16H2,1-3H3. The maximum Gasteiger partial charge on any atom is 0.270 e. The smallest absolute Gasteiger partial charge is 0.270 e. The Balaban J connectivity index is 1.70. The van der Waals surface area contributed by atoms with Crippen molar-refractivity contribution in [1.82, 2.24) is 14.4 Å². The first kappa shape index (κ1) is 26.9. The van der Waals surface area contributed by atoms with E-state index in [4.69, 9.17) is 17.0 Å². The van der Waals surface area contributed by atoms with E-state index in [0.717, 1.165) is 24.4 Å². The number of thioether (sulfide) groups is 1. The van der Waals surface area contributed by atoms with Crippen LogP contribution in [0.1, 0.15) is 22.3 Å². The molecule has 2 aliphatic rings. The molecule has 1 amide bonds. The number of thiocarbonyl (C=S) groups is 1. The van der Waals surface area contributed by atoms with E-state index < -0.39 is 0 Å². The largest absolute Gasteiger partial charge is 0.497 e. The van der Waals surface area contributed by atoms with Gasteiger partial charge in [0, 0.05) is 45.3 Å². The van der Waals surface area contributed by atoms with Crippen molar-refractivity contribution in [2.75, 3.05) is 51.3 Å². The first-order chi connectivity index (χ1) is 17.8. The van der Waals surface area contributed by atoms with Crippen LogP contribution in [0.15, 0.2) is 34.0 Å². The molecule has 0 spiro atoms. The average Bonchev–Trinajstić information content (AvgIpc) is 3.16. The second-order valence-corrected chi connectivity index (χ2v) is 10.6. The van der Waals surface area contributed by atoms with Gasteiger partial charge < -0.3 is 14.7 Å². The van der Waals surface area contributed by atoms with E-state index in [9.17, 15) is 20.0 Å². The molecule has 2 aromatic rings. The molecule has 4 rings (SSSR count). The molecule has 0 aliphatic carbocycles. The van der Waals surface area contributed by atoms with E-state index in [0.29, 0.717) is 52.3 Å². The molecule has 2 saturated heterocycles. The zero-order chi connectivity index (χ0) is 26.7. The number of methoxy groups -OCH3 is 1. The number of carbonyl (C=O) groups excluding carboxylic acids is 1. The Morgan fingerprint density at radius 2 is 1.86 bits per heavy atom. The van der Waals surface area contributed by atoms with Crippen molar-refractivity contribution in [1.29, 1.82) is 5.26 Å². The fourth-order valence-corrected chi connectivity index (χ4v) is 5.84. The molecule has 11 heteroatoms. The molecule has 0 bridgehead atoms. The summed E-state index contributed by atoms with van der Waals surface area (Å²) in [5, 5.41) is 19.0. The van der Waals surface area contributed by atoms with Gasteiger partial charge in [-0.15, -0.1) is 0 Å². The molecule has 194 valence electrons. The number of hydrogen-bond donors (Lipinski definition) is 1. The normalized spacial score (nSPS) is 17.5. The van der Waals surface area contributed by atoms with Crippen LogP contribution in [0.25, 0.3) is 6.08 Å². The Morgan fingerprint density at radius 1 is 1.19 bits per heavy atom. The summed E-state index contributed by atoms with van der Waals surface area (Å²) < 4.78 is 7.16. The third-order valence-electron chi connectivity index (χ3n) is 6.70. The zero-order valence-corrected chi connectivity index (χ0v) is 22.7. The summed E-state index contributed by atoms with van der Waals surface area (Å²) in [5.41, 5.74) is 1.82. The van der Waals surface area contributed by atoms with E-state index in [2.05, 4.69) is 9.80 Å². The highest BCUT2D eigenvalue weighted by molar-refractivity contribution is 8.26. The summed E-state index contributed by atoms with van der Waals surface area (Å²) >= 11 is 6.76. The van der Waals surface area contributed by atoms with E-state index in [-0.39, 0.29) is 23.6 Å². The number of nitriles is 1. The third kappa shape index (κ3) is 5.43. The van der Waals surface area contributed by atoms with Crippen molar-refractivity contribution in [2.24, 2.45) is 7.05 Å². The van der Waals surface area contributed by atoms with Crippen LogP contribution in [-0.2, 0) is 18.4 Å². The van der Waals surface area contributed by atoms with Gasteiger partial charge in [-0.3, -0.25) is 24.0 Å². The number of benzene rings is 1. The minimum absolute atomic E-state index is 0.0603. The number of hydrogen-bond acceptors (Lipinski definition) is 9. The van der Waals surface area contributed by atoms with Crippen LogP contribution >= 0.6 is 24.0 Å². The lowest BCUT2D eigenvalue weighted by Crippen LogP contribution is -2.49. The Labute approximate surface area is 225 Å². The van der Waals surface area contributed by atoms with E-state index in [1.165, 1.54) is 16.3 Å². The van der Waals surface area contributed by atoms with E-state index in [1.54, 1.807) is 32.1 Å². The van der Waals surface area contributed by atoms with Gasteiger partial charge in [0.05, 0.1) is 25.2 Å². The van der Waals surface area contributed by atoms with Crippen molar-refractivity contribution < 1.29 is 14.6 Å². The number of β-amino-alcohol motifs (C(OH)–C–C–N with tert-alkyl or cyclic N) is 1. The molecule has 3 heterocycles. The van der Waals surface area contributed by atoms with E-state index >= 15 is 0 Å². The second-order valence-electron chi connectivity index (χ2n) is 8.88. The Kier molecular flexibility index (Phi) is 8.34. The van der Waals surface area contributed by atoms with Gasteiger partial charge in [-0.05, 0) is 36.3 Å². The summed E-state index contributed by atoms with van der Waals surface area (Å²) in [6.45, 7) is 5.54. The van der Waals surface area contributed by atoms with Crippen molar-refractivity contribution >= 4 is 46.1 Å². The minimum Gasteiger partial charge on any atom is -0.497 e. The molecular weight excluding hydrogens is 510 g/mol. The molecule has 37 heavy (non-hydrogen) atoms. The van der Waals surface area contributed by atoms with Gasteiger partial charge in [0.15, 0.2) is 0 Å². The molecule has 1 aromatic heterocycles. The maximum absolute atomic E-state index is 13.4. The van der Waals surface area contributed by atoms with Crippen molar-refractivity contribution in [3.8, 4) is 11.8 Å². The molecule has 2 fully saturated rings. The molecule has 0 unspecified atom stereocenters.